The molecule has 0 radical (unpaired) electrons. The van der Waals surface area contributed by atoms with E-state index in [4.69, 9.17) is 10.2 Å². The Balaban J connectivity index is 3.11. The molecule has 0 aromatic rings. The van der Waals surface area contributed by atoms with E-state index in [2.05, 4.69) is 12.2 Å². The number of carboxylic acid groups (broad SMARTS) is 2. The molecular formula is C32H58O4. The molecule has 4 nitrogen and oxygen atoms in total. The van der Waals surface area contributed by atoms with Crippen LogP contribution in [0.4, 0.5) is 0 Å². The third-order valence-corrected chi connectivity index (χ3v) is 6.93. The molecule has 0 aromatic heterocycles. The number of carboxylic acids is 2. The van der Waals surface area contributed by atoms with E-state index >= 15 is 0 Å². The smallest absolute Gasteiger partial charge is 0.327 e. The first-order chi connectivity index (χ1) is 17.6. The van der Waals surface area contributed by atoms with Crippen molar-refractivity contribution in [2.75, 3.05) is 0 Å². The molecule has 0 aromatic carbocycles. The summed E-state index contributed by atoms with van der Waals surface area (Å²) in [5.74, 6) is -1.51. The predicted octanol–water partition coefficient (Wildman–Crippen LogP) is 10.4. The van der Waals surface area contributed by atoms with E-state index in [1.807, 2.05) is 0 Å². The molecule has 2 N–H and O–H groups in total. The first-order valence-electron chi connectivity index (χ1n) is 15.4. The van der Waals surface area contributed by atoms with Crippen molar-refractivity contribution >= 4 is 11.9 Å². The van der Waals surface area contributed by atoms with Gasteiger partial charge in [0.2, 0.25) is 0 Å². The number of carbonyl (C=O) groups is 2. The fourth-order valence-electron chi connectivity index (χ4n) is 4.66. The van der Waals surface area contributed by atoms with Gasteiger partial charge in [0.1, 0.15) is 0 Å². The van der Waals surface area contributed by atoms with E-state index in [0.717, 1.165) is 25.7 Å². The van der Waals surface area contributed by atoms with E-state index in [0.29, 0.717) is 6.42 Å². The van der Waals surface area contributed by atoms with Gasteiger partial charge in [-0.25, -0.2) is 4.79 Å². The summed E-state index contributed by atoms with van der Waals surface area (Å²) in [6, 6.07) is 0. The van der Waals surface area contributed by atoms with Crippen LogP contribution in [0.2, 0.25) is 0 Å². The van der Waals surface area contributed by atoms with Gasteiger partial charge < -0.3 is 10.2 Å². The van der Waals surface area contributed by atoms with Gasteiger partial charge in [-0.3, -0.25) is 4.79 Å². The van der Waals surface area contributed by atoms with Gasteiger partial charge in [0.15, 0.2) is 0 Å². The van der Waals surface area contributed by atoms with Gasteiger partial charge >= 0.3 is 11.9 Å². The summed E-state index contributed by atoms with van der Waals surface area (Å²) in [6.45, 7) is 0. The van der Waals surface area contributed by atoms with Gasteiger partial charge in [-0.2, -0.15) is 0 Å². The zero-order chi connectivity index (χ0) is 26.4. The molecule has 0 amide bonds. The summed E-state index contributed by atoms with van der Waals surface area (Å²) in [4.78, 5) is 20.8. The van der Waals surface area contributed by atoms with Gasteiger partial charge in [0.05, 0.1) is 0 Å². The van der Waals surface area contributed by atoms with Crippen LogP contribution >= 0.6 is 0 Å². The summed E-state index contributed by atoms with van der Waals surface area (Å²) in [5, 5.41) is 17.1. The fourth-order valence-corrected chi connectivity index (χ4v) is 4.66. The lowest BCUT2D eigenvalue weighted by molar-refractivity contribution is -0.137. The molecule has 0 aliphatic rings. The van der Waals surface area contributed by atoms with Crippen LogP contribution in [-0.2, 0) is 9.59 Å². The normalized spacial score (nSPS) is 11.7. The van der Waals surface area contributed by atoms with Crippen molar-refractivity contribution in [1.29, 1.82) is 0 Å². The van der Waals surface area contributed by atoms with Crippen LogP contribution in [0.1, 0.15) is 167 Å². The van der Waals surface area contributed by atoms with Crippen molar-refractivity contribution in [3.8, 4) is 0 Å². The van der Waals surface area contributed by atoms with Gasteiger partial charge in [0, 0.05) is 12.5 Å². The maximum Gasteiger partial charge on any atom is 0.327 e. The number of hydrogen-bond acceptors (Lipinski definition) is 2. The molecule has 0 aliphatic heterocycles. The molecular weight excluding hydrogens is 448 g/mol. The van der Waals surface area contributed by atoms with E-state index < -0.39 is 11.9 Å². The highest BCUT2D eigenvalue weighted by Gasteiger charge is 1.97. The number of hydrogen-bond donors (Lipinski definition) is 2. The van der Waals surface area contributed by atoms with Crippen LogP contribution in [0.3, 0.4) is 0 Å². The number of rotatable bonds is 29. The highest BCUT2D eigenvalue weighted by Crippen LogP contribution is 2.15. The van der Waals surface area contributed by atoms with Gasteiger partial charge in [-0.05, 0) is 44.9 Å². The highest BCUT2D eigenvalue weighted by atomic mass is 16.4. The topological polar surface area (TPSA) is 74.6 Å². The number of aliphatic carboxylic acids is 2. The SMILES string of the molecule is O=C(O)C=CCCCCCCCCCCCCCCCCCCC/C=C\CCCCCCCC(=O)O. The van der Waals surface area contributed by atoms with Crippen molar-refractivity contribution in [3.05, 3.63) is 24.3 Å². The van der Waals surface area contributed by atoms with Crippen LogP contribution in [0.25, 0.3) is 0 Å². The molecule has 0 bridgehead atoms. The Hall–Kier alpha value is -1.58. The Kier molecular flexibility index (Phi) is 28.3. The van der Waals surface area contributed by atoms with Crippen LogP contribution in [0.15, 0.2) is 24.3 Å². The van der Waals surface area contributed by atoms with Crippen LogP contribution in [0, 0.1) is 0 Å². The number of unbranched alkanes of at least 4 members (excludes halogenated alkanes) is 23. The van der Waals surface area contributed by atoms with E-state index in [-0.39, 0.29) is 0 Å². The molecule has 36 heavy (non-hydrogen) atoms. The minimum atomic E-state index is -0.839. The molecule has 4 heteroatoms. The Morgan fingerprint density at radius 1 is 0.389 bits per heavy atom. The maximum atomic E-state index is 10.4. The second-order valence-corrected chi connectivity index (χ2v) is 10.5. The van der Waals surface area contributed by atoms with Crippen molar-refractivity contribution < 1.29 is 19.8 Å². The average molecular weight is 507 g/mol. The molecule has 0 unspecified atom stereocenters. The van der Waals surface area contributed by atoms with Crippen LogP contribution < -0.4 is 0 Å². The third-order valence-electron chi connectivity index (χ3n) is 6.93. The summed E-state index contributed by atoms with van der Waals surface area (Å²) >= 11 is 0. The molecule has 0 fully saturated rings. The second kappa shape index (κ2) is 29.6. The third kappa shape index (κ3) is 32.4. The zero-order valence-corrected chi connectivity index (χ0v) is 23.4. The Labute approximate surface area is 223 Å². The molecule has 0 heterocycles. The molecule has 210 valence electrons. The van der Waals surface area contributed by atoms with Crippen LogP contribution in [0.5, 0.6) is 0 Å². The molecule has 0 aliphatic carbocycles. The standard InChI is InChI=1S/C32H58O4/c33-31(34)29-27-25-23-21-19-17-15-13-11-9-7-5-3-1-2-4-6-8-10-12-14-16-18-20-22-24-26-28-30-32(35)36/h13,15,28,30H,1-12,14,16-27,29H2,(H,33,34)(H,35,36)/b15-13-,30-28?. The number of allylic oxidation sites excluding steroid dienone is 3. The molecule has 0 saturated heterocycles. The zero-order valence-electron chi connectivity index (χ0n) is 23.4. The van der Waals surface area contributed by atoms with Crippen molar-refractivity contribution in [2.24, 2.45) is 0 Å². The van der Waals surface area contributed by atoms with Crippen molar-refractivity contribution in [1.82, 2.24) is 0 Å². The Bertz CT molecular complexity index is 538. The molecule has 0 rings (SSSR count). The summed E-state index contributed by atoms with van der Waals surface area (Å²) in [6.07, 6.45) is 39.9. The quantitative estimate of drug-likeness (QED) is 0.0601. The largest absolute Gasteiger partial charge is 0.481 e. The first kappa shape index (κ1) is 34.4. The molecule has 0 atom stereocenters. The van der Waals surface area contributed by atoms with Gasteiger partial charge in [-0.15, -0.1) is 0 Å². The maximum absolute atomic E-state index is 10.4. The van der Waals surface area contributed by atoms with Gasteiger partial charge in [-0.1, -0.05) is 134 Å². The van der Waals surface area contributed by atoms with Gasteiger partial charge in [0.25, 0.3) is 0 Å². The summed E-state index contributed by atoms with van der Waals surface area (Å²) in [5.41, 5.74) is 0. The Morgan fingerprint density at radius 2 is 0.667 bits per heavy atom. The average Bonchev–Trinajstić information content (AvgIpc) is 2.85. The van der Waals surface area contributed by atoms with E-state index in [9.17, 15) is 9.59 Å². The molecule has 0 saturated carbocycles. The van der Waals surface area contributed by atoms with Crippen molar-refractivity contribution in [3.63, 3.8) is 0 Å². The Morgan fingerprint density at radius 3 is 0.972 bits per heavy atom. The lowest BCUT2D eigenvalue weighted by atomic mass is 10.0. The monoisotopic (exact) mass is 506 g/mol. The van der Waals surface area contributed by atoms with Crippen molar-refractivity contribution in [2.45, 2.75) is 167 Å². The van der Waals surface area contributed by atoms with E-state index in [1.54, 1.807) is 6.08 Å². The highest BCUT2D eigenvalue weighted by molar-refractivity contribution is 5.79. The lowest BCUT2D eigenvalue weighted by Gasteiger charge is -2.03. The fraction of sp³-hybridized carbons (Fsp3) is 0.812. The minimum absolute atomic E-state index is 0.322. The predicted molar refractivity (Wildman–Crippen MR) is 154 cm³/mol. The first-order valence-corrected chi connectivity index (χ1v) is 15.4. The lowest BCUT2D eigenvalue weighted by Crippen LogP contribution is -1.93. The molecule has 0 spiro atoms. The minimum Gasteiger partial charge on any atom is -0.481 e. The van der Waals surface area contributed by atoms with Crippen LogP contribution in [-0.4, -0.2) is 22.2 Å². The summed E-state index contributed by atoms with van der Waals surface area (Å²) < 4.78 is 0. The second-order valence-electron chi connectivity index (χ2n) is 10.5. The summed E-state index contributed by atoms with van der Waals surface area (Å²) in [7, 11) is 0. The van der Waals surface area contributed by atoms with E-state index in [1.165, 1.54) is 141 Å².